The van der Waals surface area contributed by atoms with E-state index in [9.17, 15) is 9.59 Å². The van der Waals surface area contributed by atoms with Crippen molar-refractivity contribution in [2.45, 2.75) is 33.6 Å². The summed E-state index contributed by atoms with van der Waals surface area (Å²) in [6.07, 6.45) is 1.83. The maximum Gasteiger partial charge on any atom is 0.240 e. The van der Waals surface area contributed by atoms with Crippen LogP contribution in [0.2, 0.25) is 0 Å². The van der Waals surface area contributed by atoms with E-state index in [1.54, 1.807) is 17.6 Å². The molecule has 0 aliphatic rings. The molecule has 126 valence electrons. The quantitative estimate of drug-likeness (QED) is 0.622. The molecule has 6 heteroatoms. The third-order valence-corrected chi connectivity index (χ3v) is 4.46. The lowest BCUT2D eigenvalue weighted by molar-refractivity contribution is -0.124. The van der Waals surface area contributed by atoms with Crippen LogP contribution in [0.3, 0.4) is 0 Å². The number of rotatable bonds is 6. The Balaban J connectivity index is 1.76. The topological polar surface area (TPSA) is 70.6 Å². The molecule has 0 bridgehead atoms. The molecule has 0 aliphatic heterocycles. The van der Waals surface area contributed by atoms with Crippen molar-refractivity contribution in [2.75, 3.05) is 5.32 Å². The molecule has 0 saturated carbocycles. The first kappa shape index (κ1) is 17.9. The molecule has 0 aliphatic carbocycles. The van der Waals surface area contributed by atoms with Crippen LogP contribution in [0.4, 0.5) is 5.69 Å². The molecule has 2 amide bonds. The zero-order chi connectivity index (χ0) is 17.5. The van der Waals surface area contributed by atoms with E-state index in [4.69, 9.17) is 0 Å². The van der Waals surface area contributed by atoms with Crippen molar-refractivity contribution in [3.63, 3.8) is 0 Å². The summed E-state index contributed by atoms with van der Waals surface area (Å²) in [6, 6.07) is 7.81. The SMILES string of the molecule is Cc1ccc(NC(=O)CCC(=O)N/N=C/c2sccc2C)c(C)c1. The lowest BCUT2D eigenvalue weighted by Gasteiger charge is -2.08. The van der Waals surface area contributed by atoms with Crippen molar-refractivity contribution in [3.8, 4) is 0 Å². The lowest BCUT2D eigenvalue weighted by atomic mass is 10.1. The zero-order valence-electron chi connectivity index (χ0n) is 14.1. The monoisotopic (exact) mass is 343 g/mol. The lowest BCUT2D eigenvalue weighted by Crippen LogP contribution is -2.20. The van der Waals surface area contributed by atoms with Gasteiger partial charge in [0.1, 0.15) is 0 Å². The number of benzene rings is 1. The van der Waals surface area contributed by atoms with E-state index >= 15 is 0 Å². The number of hydrogen-bond donors (Lipinski definition) is 2. The highest BCUT2D eigenvalue weighted by molar-refractivity contribution is 7.11. The van der Waals surface area contributed by atoms with E-state index in [2.05, 4.69) is 15.8 Å². The largest absolute Gasteiger partial charge is 0.326 e. The Morgan fingerprint density at radius 3 is 2.50 bits per heavy atom. The van der Waals surface area contributed by atoms with Gasteiger partial charge >= 0.3 is 0 Å². The van der Waals surface area contributed by atoms with Crippen LogP contribution >= 0.6 is 11.3 Å². The van der Waals surface area contributed by atoms with Gasteiger partial charge in [-0.1, -0.05) is 17.7 Å². The number of aryl methyl sites for hydroxylation is 3. The summed E-state index contributed by atoms with van der Waals surface area (Å²) < 4.78 is 0. The van der Waals surface area contributed by atoms with Crippen LogP contribution in [-0.4, -0.2) is 18.0 Å². The molecule has 1 heterocycles. The van der Waals surface area contributed by atoms with Crippen LogP contribution in [0.5, 0.6) is 0 Å². The van der Waals surface area contributed by atoms with Gasteiger partial charge in [0, 0.05) is 23.4 Å². The molecule has 2 rings (SSSR count). The Hall–Kier alpha value is -2.47. The molecule has 0 atom stereocenters. The number of thiophene rings is 1. The highest BCUT2D eigenvalue weighted by Gasteiger charge is 2.08. The first-order chi connectivity index (χ1) is 11.5. The van der Waals surface area contributed by atoms with Gasteiger partial charge in [-0.05, 0) is 49.4 Å². The third-order valence-electron chi connectivity index (χ3n) is 3.51. The minimum absolute atomic E-state index is 0.0947. The number of hydrogen-bond acceptors (Lipinski definition) is 4. The van der Waals surface area contributed by atoms with Gasteiger partial charge in [0.15, 0.2) is 0 Å². The van der Waals surface area contributed by atoms with E-state index < -0.39 is 0 Å². The first-order valence-electron chi connectivity index (χ1n) is 7.69. The maximum atomic E-state index is 11.9. The number of nitrogens with zero attached hydrogens (tertiary/aromatic N) is 1. The summed E-state index contributed by atoms with van der Waals surface area (Å²) in [7, 11) is 0. The molecule has 0 radical (unpaired) electrons. The summed E-state index contributed by atoms with van der Waals surface area (Å²) in [5.74, 6) is -0.466. The summed E-state index contributed by atoms with van der Waals surface area (Å²) in [6.45, 7) is 5.93. The summed E-state index contributed by atoms with van der Waals surface area (Å²) in [4.78, 5) is 24.7. The number of carbonyl (C=O) groups excluding carboxylic acids is 2. The predicted octanol–water partition coefficient (Wildman–Crippen LogP) is 3.54. The van der Waals surface area contributed by atoms with Crippen molar-refractivity contribution < 1.29 is 9.59 Å². The fourth-order valence-corrected chi connectivity index (χ4v) is 2.92. The minimum Gasteiger partial charge on any atom is -0.326 e. The predicted molar refractivity (Wildman–Crippen MR) is 98.6 cm³/mol. The molecule has 0 unspecified atom stereocenters. The van der Waals surface area contributed by atoms with Crippen molar-refractivity contribution >= 4 is 35.1 Å². The molecule has 1 aromatic heterocycles. The van der Waals surface area contributed by atoms with Crippen LogP contribution in [-0.2, 0) is 9.59 Å². The van der Waals surface area contributed by atoms with Crippen LogP contribution in [0, 0.1) is 20.8 Å². The molecular formula is C18H21N3O2S. The summed E-state index contributed by atoms with van der Waals surface area (Å²) in [5, 5.41) is 8.71. The number of amides is 2. The average Bonchev–Trinajstić information content (AvgIpc) is 2.93. The van der Waals surface area contributed by atoms with Gasteiger partial charge in [0.2, 0.25) is 11.8 Å². The number of hydrazone groups is 1. The van der Waals surface area contributed by atoms with E-state index in [0.717, 1.165) is 27.3 Å². The van der Waals surface area contributed by atoms with E-state index in [-0.39, 0.29) is 24.7 Å². The molecule has 0 spiro atoms. The van der Waals surface area contributed by atoms with Crippen LogP contribution in [0.1, 0.15) is 34.4 Å². The third kappa shape index (κ3) is 5.31. The number of nitrogens with one attached hydrogen (secondary N) is 2. The molecule has 1 aromatic carbocycles. The smallest absolute Gasteiger partial charge is 0.240 e. The second-order valence-electron chi connectivity index (χ2n) is 5.63. The van der Waals surface area contributed by atoms with Crippen LogP contribution < -0.4 is 10.7 Å². The summed E-state index contributed by atoms with van der Waals surface area (Å²) >= 11 is 1.56. The molecule has 24 heavy (non-hydrogen) atoms. The molecular weight excluding hydrogens is 322 g/mol. The first-order valence-corrected chi connectivity index (χ1v) is 8.57. The average molecular weight is 343 g/mol. The second kappa shape index (κ2) is 8.40. The molecule has 2 N–H and O–H groups in total. The van der Waals surface area contributed by atoms with Gasteiger partial charge in [-0.25, -0.2) is 5.43 Å². The molecule has 5 nitrogen and oxygen atoms in total. The molecule has 0 fully saturated rings. The Morgan fingerprint density at radius 2 is 1.83 bits per heavy atom. The van der Waals surface area contributed by atoms with Crippen molar-refractivity contribution in [1.29, 1.82) is 0 Å². The normalized spacial score (nSPS) is 10.8. The van der Waals surface area contributed by atoms with Gasteiger partial charge in [-0.15, -0.1) is 11.3 Å². The fourth-order valence-electron chi connectivity index (χ4n) is 2.13. The maximum absolute atomic E-state index is 11.9. The minimum atomic E-state index is -0.281. The van der Waals surface area contributed by atoms with Gasteiger partial charge in [0.25, 0.3) is 0 Å². The van der Waals surface area contributed by atoms with Crippen molar-refractivity contribution in [3.05, 3.63) is 51.2 Å². The van der Waals surface area contributed by atoms with Crippen molar-refractivity contribution in [1.82, 2.24) is 5.43 Å². The fraction of sp³-hybridized carbons (Fsp3) is 0.278. The Bertz CT molecular complexity index is 765. The second-order valence-corrected chi connectivity index (χ2v) is 6.58. The Morgan fingerprint density at radius 1 is 1.08 bits per heavy atom. The van der Waals surface area contributed by atoms with Gasteiger partial charge in [-0.3, -0.25) is 9.59 Å². The van der Waals surface area contributed by atoms with Crippen molar-refractivity contribution in [2.24, 2.45) is 5.10 Å². The highest BCUT2D eigenvalue weighted by Crippen LogP contribution is 2.16. The van der Waals surface area contributed by atoms with Gasteiger partial charge < -0.3 is 5.32 Å². The van der Waals surface area contributed by atoms with E-state index in [1.165, 1.54) is 0 Å². The van der Waals surface area contributed by atoms with Gasteiger partial charge in [-0.2, -0.15) is 5.10 Å². The van der Waals surface area contributed by atoms with E-state index in [1.807, 2.05) is 50.4 Å². The van der Waals surface area contributed by atoms with Gasteiger partial charge in [0.05, 0.1) is 6.21 Å². The summed E-state index contributed by atoms with van der Waals surface area (Å²) in [5.41, 5.74) is 6.48. The molecule has 0 saturated heterocycles. The van der Waals surface area contributed by atoms with Crippen LogP contribution in [0.15, 0.2) is 34.7 Å². The molecule has 2 aromatic rings. The number of anilines is 1. The standard InChI is InChI=1S/C18H21N3O2S/c1-12-4-5-15(14(3)10-12)20-17(22)6-7-18(23)21-19-11-16-13(2)8-9-24-16/h4-5,8-11H,6-7H2,1-3H3,(H,20,22)(H,21,23)/b19-11+. The number of carbonyl (C=O) groups is 2. The zero-order valence-corrected chi connectivity index (χ0v) is 14.9. The van der Waals surface area contributed by atoms with E-state index in [0.29, 0.717) is 0 Å². The Labute approximate surface area is 145 Å². The highest BCUT2D eigenvalue weighted by atomic mass is 32.1. The Kier molecular flexibility index (Phi) is 6.26. The van der Waals surface area contributed by atoms with Crippen LogP contribution in [0.25, 0.3) is 0 Å².